The van der Waals surface area contributed by atoms with Gasteiger partial charge in [0.25, 0.3) is 11.8 Å². The van der Waals surface area contributed by atoms with Crippen molar-refractivity contribution in [1.82, 2.24) is 19.4 Å². The number of aryl methyl sites for hydroxylation is 2. The Morgan fingerprint density at radius 1 is 1.06 bits per heavy atom. The first kappa shape index (κ1) is 21.2. The number of anilines is 1. The fraction of sp³-hybridized carbons (Fsp3) is 0.208. The van der Waals surface area contributed by atoms with Crippen molar-refractivity contribution >= 4 is 28.5 Å². The number of carbonyl (C=O) groups excluding carboxylic acids is 2. The molecule has 2 heterocycles. The Morgan fingerprint density at radius 2 is 1.81 bits per heavy atom. The summed E-state index contributed by atoms with van der Waals surface area (Å²) in [7, 11) is 5.36. The number of amides is 2. The summed E-state index contributed by atoms with van der Waals surface area (Å²) in [5, 5.41) is 5.57. The quantitative estimate of drug-likeness (QED) is 0.488. The summed E-state index contributed by atoms with van der Waals surface area (Å²) in [6.45, 7) is 2.29. The third-order valence-corrected chi connectivity index (χ3v) is 5.28. The van der Waals surface area contributed by atoms with Crippen LogP contribution in [0.15, 0.2) is 54.7 Å². The van der Waals surface area contributed by atoms with Crippen LogP contribution in [0.4, 0.5) is 5.69 Å². The number of aromatic nitrogens is 3. The van der Waals surface area contributed by atoms with Crippen molar-refractivity contribution in [2.24, 2.45) is 14.1 Å². The van der Waals surface area contributed by atoms with E-state index in [0.29, 0.717) is 40.7 Å². The number of rotatable bonds is 6. The Labute approximate surface area is 185 Å². The van der Waals surface area contributed by atoms with E-state index in [0.717, 1.165) is 11.0 Å². The number of imidazole rings is 1. The first-order valence-corrected chi connectivity index (χ1v) is 10.3. The number of nitrogens with zero attached hydrogens (tertiary/aromatic N) is 3. The molecule has 4 aromatic rings. The predicted molar refractivity (Wildman–Crippen MR) is 124 cm³/mol. The van der Waals surface area contributed by atoms with Gasteiger partial charge in [0.1, 0.15) is 5.69 Å². The van der Waals surface area contributed by atoms with Gasteiger partial charge in [-0.1, -0.05) is 18.2 Å². The molecule has 0 spiro atoms. The van der Waals surface area contributed by atoms with Crippen molar-refractivity contribution < 1.29 is 14.3 Å². The van der Waals surface area contributed by atoms with Crippen LogP contribution in [0.1, 0.15) is 27.6 Å². The lowest BCUT2D eigenvalue weighted by atomic mass is 10.2. The lowest BCUT2D eigenvalue weighted by Gasteiger charge is -2.09. The first-order valence-electron chi connectivity index (χ1n) is 10.3. The van der Waals surface area contributed by atoms with Gasteiger partial charge < -0.3 is 24.5 Å². The number of nitrogens with one attached hydrogen (secondary N) is 2. The van der Waals surface area contributed by atoms with Gasteiger partial charge in [-0.25, -0.2) is 4.98 Å². The zero-order valence-electron chi connectivity index (χ0n) is 18.5. The standard InChI is InChI=1S/C24H25N5O3/c1-5-32-21-17(24(31)25-2)14-28(3)20(21)22-27-18-13-16(11-12-19(18)29(22)4)26-23(30)15-9-7-6-8-10-15/h6-14H,5H2,1-4H3,(H,25,31)(H,26,30). The molecule has 0 saturated carbocycles. The average molecular weight is 431 g/mol. The Hall–Kier alpha value is -4.07. The highest BCUT2D eigenvalue weighted by molar-refractivity contribution is 6.05. The van der Waals surface area contributed by atoms with Gasteiger partial charge in [0, 0.05) is 38.6 Å². The van der Waals surface area contributed by atoms with E-state index >= 15 is 0 Å². The van der Waals surface area contributed by atoms with E-state index in [2.05, 4.69) is 10.6 Å². The van der Waals surface area contributed by atoms with Crippen LogP contribution in [0.2, 0.25) is 0 Å². The topological polar surface area (TPSA) is 90.2 Å². The van der Waals surface area contributed by atoms with E-state index in [9.17, 15) is 9.59 Å². The van der Waals surface area contributed by atoms with Crippen LogP contribution in [-0.2, 0) is 14.1 Å². The van der Waals surface area contributed by atoms with E-state index < -0.39 is 0 Å². The molecule has 4 rings (SSSR count). The zero-order chi connectivity index (χ0) is 22.8. The molecule has 0 saturated heterocycles. The normalized spacial score (nSPS) is 10.9. The fourth-order valence-corrected chi connectivity index (χ4v) is 3.73. The fourth-order valence-electron chi connectivity index (χ4n) is 3.73. The largest absolute Gasteiger partial charge is 0.491 e. The molecule has 32 heavy (non-hydrogen) atoms. The lowest BCUT2D eigenvalue weighted by Crippen LogP contribution is -2.18. The maximum Gasteiger partial charge on any atom is 0.256 e. The van der Waals surface area contributed by atoms with Gasteiger partial charge >= 0.3 is 0 Å². The second-order valence-electron chi connectivity index (χ2n) is 7.36. The molecule has 2 aromatic carbocycles. The summed E-state index contributed by atoms with van der Waals surface area (Å²) < 4.78 is 9.64. The second-order valence-corrected chi connectivity index (χ2v) is 7.36. The van der Waals surface area contributed by atoms with Crippen molar-refractivity contribution in [3.05, 3.63) is 65.9 Å². The number of hydrogen-bond acceptors (Lipinski definition) is 4. The molecule has 0 unspecified atom stereocenters. The molecule has 8 nitrogen and oxygen atoms in total. The van der Waals surface area contributed by atoms with E-state index in [4.69, 9.17) is 9.72 Å². The summed E-state index contributed by atoms with van der Waals surface area (Å²) in [5.74, 6) is 0.746. The third kappa shape index (κ3) is 3.71. The van der Waals surface area contributed by atoms with Crippen LogP contribution in [0.5, 0.6) is 5.75 Å². The van der Waals surface area contributed by atoms with E-state index in [1.54, 1.807) is 25.4 Å². The second kappa shape index (κ2) is 8.58. The Kier molecular flexibility index (Phi) is 5.68. The highest BCUT2D eigenvalue weighted by Gasteiger charge is 2.25. The summed E-state index contributed by atoms with van der Waals surface area (Å²) in [6, 6.07) is 14.6. The first-order chi connectivity index (χ1) is 15.4. The monoisotopic (exact) mass is 431 g/mol. The summed E-state index contributed by atoms with van der Waals surface area (Å²) in [6.07, 6.45) is 1.74. The molecular weight excluding hydrogens is 406 g/mol. The van der Waals surface area contributed by atoms with E-state index in [1.165, 1.54) is 0 Å². The molecule has 2 amide bonds. The molecular formula is C24H25N5O3. The maximum absolute atomic E-state index is 12.5. The summed E-state index contributed by atoms with van der Waals surface area (Å²) in [5.41, 5.74) is 4.01. The highest BCUT2D eigenvalue weighted by atomic mass is 16.5. The SMILES string of the molecule is CCOc1c(C(=O)NC)cn(C)c1-c1nc2cc(NC(=O)c3ccccc3)ccc2n1C. The van der Waals surface area contributed by atoms with Crippen molar-refractivity contribution in [3.8, 4) is 17.3 Å². The van der Waals surface area contributed by atoms with Gasteiger partial charge in [-0.3, -0.25) is 9.59 Å². The number of benzene rings is 2. The molecule has 0 bridgehead atoms. The molecule has 2 aromatic heterocycles. The van der Waals surface area contributed by atoms with Crippen molar-refractivity contribution in [2.45, 2.75) is 6.92 Å². The molecule has 0 radical (unpaired) electrons. The Bertz CT molecular complexity index is 1300. The molecule has 164 valence electrons. The average Bonchev–Trinajstić information content (AvgIpc) is 3.29. The van der Waals surface area contributed by atoms with Gasteiger partial charge in [-0.2, -0.15) is 0 Å². The number of hydrogen-bond donors (Lipinski definition) is 2. The van der Waals surface area contributed by atoms with Crippen LogP contribution in [0.25, 0.3) is 22.6 Å². The van der Waals surface area contributed by atoms with E-state index in [1.807, 2.05) is 66.6 Å². The van der Waals surface area contributed by atoms with Crippen LogP contribution >= 0.6 is 0 Å². The molecule has 8 heteroatoms. The summed E-state index contributed by atoms with van der Waals surface area (Å²) >= 11 is 0. The zero-order valence-corrected chi connectivity index (χ0v) is 18.5. The van der Waals surface area contributed by atoms with Gasteiger partial charge in [0.05, 0.1) is 23.2 Å². The van der Waals surface area contributed by atoms with Crippen LogP contribution in [0.3, 0.4) is 0 Å². The number of carbonyl (C=O) groups is 2. The molecule has 0 aliphatic rings. The molecule has 0 aliphatic carbocycles. The van der Waals surface area contributed by atoms with Crippen molar-refractivity contribution in [2.75, 3.05) is 19.0 Å². The van der Waals surface area contributed by atoms with Crippen LogP contribution in [0, 0.1) is 0 Å². The van der Waals surface area contributed by atoms with Crippen molar-refractivity contribution in [1.29, 1.82) is 0 Å². The van der Waals surface area contributed by atoms with Gasteiger partial charge in [0.2, 0.25) is 0 Å². The van der Waals surface area contributed by atoms with Gasteiger partial charge in [0.15, 0.2) is 11.6 Å². The predicted octanol–water partition coefficient (Wildman–Crippen LogP) is 3.59. The van der Waals surface area contributed by atoms with E-state index in [-0.39, 0.29) is 11.8 Å². The minimum atomic E-state index is -0.222. The number of ether oxygens (including phenoxy) is 1. The third-order valence-electron chi connectivity index (χ3n) is 5.28. The Morgan fingerprint density at radius 3 is 2.50 bits per heavy atom. The summed E-state index contributed by atoms with van der Waals surface area (Å²) in [4.78, 5) is 29.7. The molecule has 0 aliphatic heterocycles. The number of fused-ring (bicyclic) bond motifs is 1. The van der Waals surface area contributed by atoms with Crippen LogP contribution < -0.4 is 15.4 Å². The molecule has 0 atom stereocenters. The maximum atomic E-state index is 12.5. The van der Waals surface area contributed by atoms with Gasteiger partial charge in [-0.05, 0) is 37.3 Å². The minimum absolute atomic E-state index is 0.183. The highest BCUT2D eigenvalue weighted by Crippen LogP contribution is 2.36. The molecule has 2 N–H and O–H groups in total. The van der Waals surface area contributed by atoms with Gasteiger partial charge in [-0.15, -0.1) is 0 Å². The Balaban J connectivity index is 1.75. The molecule has 0 fully saturated rings. The lowest BCUT2D eigenvalue weighted by molar-refractivity contribution is 0.0958. The van der Waals surface area contributed by atoms with Crippen LogP contribution in [-0.4, -0.2) is 39.6 Å². The minimum Gasteiger partial charge on any atom is -0.491 e. The smallest absolute Gasteiger partial charge is 0.256 e. The van der Waals surface area contributed by atoms with Crippen molar-refractivity contribution in [3.63, 3.8) is 0 Å².